The summed E-state index contributed by atoms with van der Waals surface area (Å²) in [5.41, 5.74) is 0.728. The van der Waals surface area contributed by atoms with Crippen LogP contribution in [0.25, 0.3) is 11.0 Å². The van der Waals surface area contributed by atoms with Crippen molar-refractivity contribution in [3.05, 3.63) is 47.1 Å². The Kier molecular flexibility index (Phi) is 6.22. The molecule has 11 heteroatoms. The van der Waals surface area contributed by atoms with Crippen LogP contribution in [-0.2, 0) is 28.4 Å². The van der Waals surface area contributed by atoms with E-state index in [1.807, 2.05) is 6.92 Å². The van der Waals surface area contributed by atoms with Crippen molar-refractivity contribution < 1.29 is 13.2 Å². The van der Waals surface area contributed by atoms with Crippen molar-refractivity contribution in [1.82, 2.24) is 24.1 Å². The molecule has 5 rings (SSSR count). The first-order chi connectivity index (χ1) is 16.7. The SMILES string of the molecule is CC(NS(=O)(=O)c1ccc(NC(=O)CCn2cnc3c(cnn3C)c2=O)cc1)C1CC2CCC1C2. The van der Waals surface area contributed by atoms with Gasteiger partial charge in [-0.15, -0.1) is 0 Å². The van der Waals surface area contributed by atoms with Crippen LogP contribution < -0.4 is 15.6 Å². The first kappa shape index (κ1) is 23.7. The molecule has 2 aliphatic rings. The molecule has 2 aromatic heterocycles. The molecule has 0 saturated heterocycles. The highest BCUT2D eigenvalue weighted by Gasteiger charge is 2.42. The second-order valence-corrected chi connectivity index (χ2v) is 11.5. The summed E-state index contributed by atoms with van der Waals surface area (Å²) in [7, 11) is -1.93. The zero-order valence-electron chi connectivity index (χ0n) is 19.8. The highest BCUT2D eigenvalue weighted by molar-refractivity contribution is 7.89. The van der Waals surface area contributed by atoms with Crippen molar-refractivity contribution in [2.75, 3.05) is 5.32 Å². The molecule has 0 aliphatic heterocycles. The first-order valence-electron chi connectivity index (χ1n) is 12.0. The maximum atomic E-state index is 12.9. The number of amides is 1. The van der Waals surface area contributed by atoms with Gasteiger partial charge in [0.15, 0.2) is 5.65 Å². The molecule has 1 amide bonds. The molecule has 3 aromatic rings. The van der Waals surface area contributed by atoms with E-state index in [0.29, 0.717) is 28.6 Å². The van der Waals surface area contributed by atoms with E-state index < -0.39 is 10.0 Å². The fourth-order valence-electron chi connectivity index (χ4n) is 5.70. The van der Waals surface area contributed by atoms with Crippen LogP contribution in [0.15, 0.2) is 46.5 Å². The zero-order valence-corrected chi connectivity index (χ0v) is 20.7. The minimum atomic E-state index is -3.64. The van der Waals surface area contributed by atoms with Gasteiger partial charge in [0.25, 0.3) is 5.56 Å². The second kappa shape index (κ2) is 9.19. The molecule has 2 aliphatic carbocycles. The van der Waals surface area contributed by atoms with Gasteiger partial charge in [-0.05, 0) is 68.2 Å². The van der Waals surface area contributed by atoms with Crippen molar-refractivity contribution in [2.45, 2.75) is 56.5 Å². The molecule has 0 radical (unpaired) electrons. The van der Waals surface area contributed by atoms with E-state index in [0.717, 1.165) is 12.3 Å². The molecule has 1 aromatic carbocycles. The Morgan fingerprint density at radius 3 is 2.66 bits per heavy atom. The van der Waals surface area contributed by atoms with Gasteiger partial charge in [-0.3, -0.25) is 18.8 Å². The van der Waals surface area contributed by atoms with E-state index in [9.17, 15) is 18.0 Å². The van der Waals surface area contributed by atoms with Gasteiger partial charge >= 0.3 is 0 Å². The molecule has 0 spiro atoms. The fraction of sp³-hybridized carbons (Fsp3) is 0.500. The maximum Gasteiger partial charge on any atom is 0.264 e. The molecule has 2 heterocycles. The number of carbonyl (C=O) groups is 1. The van der Waals surface area contributed by atoms with Crippen molar-refractivity contribution in [3.63, 3.8) is 0 Å². The van der Waals surface area contributed by atoms with E-state index >= 15 is 0 Å². The van der Waals surface area contributed by atoms with Gasteiger partial charge in [0.2, 0.25) is 15.9 Å². The van der Waals surface area contributed by atoms with Crippen molar-refractivity contribution in [3.8, 4) is 0 Å². The van der Waals surface area contributed by atoms with Crippen LogP contribution >= 0.6 is 0 Å². The van der Waals surface area contributed by atoms with E-state index in [-0.39, 0.29) is 35.4 Å². The molecule has 186 valence electrons. The normalized spacial score (nSPS) is 22.5. The van der Waals surface area contributed by atoms with Crippen molar-refractivity contribution in [2.24, 2.45) is 24.8 Å². The predicted octanol–water partition coefficient (Wildman–Crippen LogP) is 2.26. The van der Waals surface area contributed by atoms with Crippen LogP contribution in [-0.4, -0.2) is 39.7 Å². The summed E-state index contributed by atoms with van der Waals surface area (Å²) in [6.07, 6.45) is 7.76. The minimum Gasteiger partial charge on any atom is -0.326 e. The fourth-order valence-corrected chi connectivity index (χ4v) is 6.99. The van der Waals surface area contributed by atoms with Gasteiger partial charge < -0.3 is 5.32 Å². The van der Waals surface area contributed by atoms with Gasteiger partial charge in [-0.25, -0.2) is 18.1 Å². The highest BCUT2D eigenvalue weighted by atomic mass is 32.2. The summed E-state index contributed by atoms with van der Waals surface area (Å²) in [6.45, 7) is 2.13. The molecule has 4 atom stereocenters. The number of aromatic nitrogens is 4. The van der Waals surface area contributed by atoms with Crippen LogP contribution in [0.5, 0.6) is 0 Å². The van der Waals surface area contributed by atoms with Crippen LogP contribution in [0.4, 0.5) is 5.69 Å². The number of hydrogen-bond donors (Lipinski definition) is 2. The third kappa shape index (κ3) is 4.74. The molecule has 2 saturated carbocycles. The van der Waals surface area contributed by atoms with Gasteiger partial charge in [0.05, 0.1) is 17.4 Å². The summed E-state index contributed by atoms with van der Waals surface area (Å²) < 4.78 is 31.5. The second-order valence-electron chi connectivity index (χ2n) is 9.82. The largest absolute Gasteiger partial charge is 0.326 e. The number of benzene rings is 1. The molecule has 4 unspecified atom stereocenters. The Morgan fingerprint density at radius 2 is 1.97 bits per heavy atom. The summed E-state index contributed by atoms with van der Waals surface area (Å²) in [5, 5.41) is 7.18. The maximum absolute atomic E-state index is 12.9. The monoisotopic (exact) mass is 498 g/mol. The first-order valence-corrected chi connectivity index (χ1v) is 13.5. The molecule has 35 heavy (non-hydrogen) atoms. The lowest BCUT2D eigenvalue weighted by Crippen LogP contribution is -2.40. The van der Waals surface area contributed by atoms with Gasteiger partial charge in [-0.2, -0.15) is 5.10 Å². The summed E-state index contributed by atoms with van der Waals surface area (Å²) in [6, 6.07) is 6.04. The zero-order chi connectivity index (χ0) is 24.7. The van der Waals surface area contributed by atoms with E-state index in [4.69, 9.17) is 0 Å². The van der Waals surface area contributed by atoms with Crippen LogP contribution in [0.2, 0.25) is 0 Å². The third-order valence-electron chi connectivity index (χ3n) is 7.52. The van der Waals surface area contributed by atoms with E-state index in [2.05, 4.69) is 20.1 Å². The Hall–Kier alpha value is -3.05. The van der Waals surface area contributed by atoms with Crippen LogP contribution in [0, 0.1) is 17.8 Å². The molecular formula is C24H30N6O4S. The third-order valence-corrected chi connectivity index (χ3v) is 9.10. The Balaban J connectivity index is 1.17. The molecule has 2 N–H and O–H groups in total. The average Bonchev–Trinajstić information content (AvgIpc) is 3.55. The number of nitrogens with zero attached hydrogens (tertiary/aromatic N) is 4. The van der Waals surface area contributed by atoms with E-state index in [1.165, 1.54) is 53.2 Å². The number of anilines is 1. The topological polar surface area (TPSA) is 128 Å². The molecule has 10 nitrogen and oxygen atoms in total. The quantitative estimate of drug-likeness (QED) is 0.490. The number of nitrogens with one attached hydrogen (secondary N) is 2. The number of hydrogen-bond acceptors (Lipinski definition) is 6. The molecule has 2 fully saturated rings. The lowest BCUT2D eigenvalue weighted by molar-refractivity contribution is -0.116. The standard InChI is InChI=1S/C24H30N6O4S/c1-15(20-12-16-3-4-17(20)11-16)28-35(33,34)19-7-5-18(6-8-19)27-22(31)9-10-30-14-25-23-21(24(30)32)13-26-29(23)2/h5-8,13-17,20,28H,3-4,9-12H2,1-2H3,(H,27,31). The summed E-state index contributed by atoms with van der Waals surface area (Å²) in [4.78, 5) is 29.3. The highest BCUT2D eigenvalue weighted by Crippen LogP contribution is 2.49. The smallest absolute Gasteiger partial charge is 0.264 e. The Labute approximate surface area is 203 Å². The summed E-state index contributed by atoms with van der Waals surface area (Å²) >= 11 is 0. The predicted molar refractivity (Wildman–Crippen MR) is 131 cm³/mol. The lowest BCUT2D eigenvalue weighted by Gasteiger charge is -2.28. The van der Waals surface area contributed by atoms with Gasteiger partial charge in [0.1, 0.15) is 5.39 Å². The molecule has 2 bridgehead atoms. The average molecular weight is 499 g/mol. The number of fused-ring (bicyclic) bond motifs is 3. The Morgan fingerprint density at radius 1 is 1.20 bits per heavy atom. The van der Waals surface area contributed by atoms with Crippen molar-refractivity contribution >= 4 is 32.7 Å². The van der Waals surface area contributed by atoms with E-state index in [1.54, 1.807) is 19.2 Å². The number of sulfonamides is 1. The van der Waals surface area contributed by atoms with Crippen molar-refractivity contribution in [1.29, 1.82) is 0 Å². The van der Waals surface area contributed by atoms with Crippen LogP contribution in [0.1, 0.15) is 39.0 Å². The summed E-state index contributed by atoms with van der Waals surface area (Å²) in [5.74, 6) is 1.51. The minimum absolute atomic E-state index is 0.0655. The number of carbonyl (C=O) groups excluding carboxylic acids is 1. The number of rotatable bonds is 8. The van der Waals surface area contributed by atoms with Gasteiger partial charge in [0, 0.05) is 31.7 Å². The molecular weight excluding hydrogens is 468 g/mol. The number of aryl methyl sites for hydroxylation is 2. The van der Waals surface area contributed by atoms with Crippen LogP contribution in [0.3, 0.4) is 0 Å². The lowest BCUT2D eigenvalue weighted by atomic mass is 9.84. The van der Waals surface area contributed by atoms with Gasteiger partial charge in [-0.1, -0.05) is 6.42 Å². The Bertz CT molecular complexity index is 1410.